The molecule has 1 N–H and O–H groups in total. The largest absolute Gasteiger partial charge is 0.353 e. The number of rotatable bonds is 3. The average molecular weight is 253 g/mol. The molecule has 2 aliphatic heterocycles. The zero-order valence-corrected chi connectivity index (χ0v) is 10.8. The van der Waals surface area contributed by atoms with Crippen molar-refractivity contribution in [3.05, 3.63) is 0 Å². The van der Waals surface area contributed by atoms with Crippen LogP contribution < -0.4 is 5.32 Å². The molecule has 0 aromatic rings. The maximum Gasteiger partial charge on any atom is 0.224 e. The van der Waals surface area contributed by atoms with E-state index in [9.17, 15) is 4.79 Å². The van der Waals surface area contributed by atoms with E-state index in [2.05, 4.69) is 16.3 Å². The number of nitrogens with one attached hydrogen (secondary N) is 1. The fraction of sp³-hybridized carbons (Fsp3) is 0.833. The Balaban J connectivity index is 1.70. The minimum Gasteiger partial charge on any atom is -0.353 e. The summed E-state index contributed by atoms with van der Waals surface area (Å²) >= 11 is 1.87. The molecule has 1 unspecified atom stereocenters. The second-order valence-corrected chi connectivity index (χ2v) is 5.93. The molecule has 94 valence electrons. The molecule has 2 saturated heterocycles. The van der Waals surface area contributed by atoms with Gasteiger partial charge in [0, 0.05) is 30.8 Å². The maximum absolute atomic E-state index is 11.9. The normalized spacial score (nSPS) is 26.6. The van der Waals surface area contributed by atoms with E-state index in [1.54, 1.807) is 0 Å². The fourth-order valence-electron chi connectivity index (χ4n) is 2.40. The summed E-state index contributed by atoms with van der Waals surface area (Å²) in [4.78, 5) is 14.1. The van der Waals surface area contributed by atoms with E-state index < -0.39 is 0 Å². The molecule has 2 rings (SSSR count). The zero-order valence-electron chi connectivity index (χ0n) is 10.0. The number of hydrogen-bond acceptors (Lipinski definition) is 4. The molecule has 5 heteroatoms. The summed E-state index contributed by atoms with van der Waals surface area (Å²) in [6.07, 6.45) is 2.99. The lowest BCUT2D eigenvalue weighted by Gasteiger charge is -2.31. The Labute approximate surface area is 107 Å². The van der Waals surface area contributed by atoms with Gasteiger partial charge < -0.3 is 5.32 Å². The first kappa shape index (κ1) is 12.7. The molecule has 2 fully saturated rings. The Morgan fingerprint density at radius 2 is 2.18 bits per heavy atom. The molecule has 2 heterocycles. The van der Waals surface area contributed by atoms with Crippen LogP contribution in [-0.2, 0) is 4.79 Å². The third-order valence-electron chi connectivity index (χ3n) is 3.53. The average Bonchev–Trinajstić information content (AvgIpc) is 2.86. The number of likely N-dealkylation sites (tertiary alicyclic amines) is 1. The highest BCUT2D eigenvalue weighted by Crippen LogP contribution is 2.24. The van der Waals surface area contributed by atoms with Gasteiger partial charge in [0.15, 0.2) is 0 Å². The van der Waals surface area contributed by atoms with Crippen LogP contribution in [0.15, 0.2) is 0 Å². The number of piperidine rings is 1. The van der Waals surface area contributed by atoms with Crippen LogP contribution in [0, 0.1) is 17.2 Å². The first-order chi connectivity index (χ1) is 8.29. The molecule has 0 aromatic carbocycles. The highest BCUT2D eigenvalue weighted by Gasteiger charge is 2.26. The molecular formula is C12H19N3OS. The first-order valence-electron chi connectivity index (χ1n) is 6.27. The lowest BCUT2D eigenvalue weighted by molar-refractivity contribution is -0.125. The Kier molecular flexibility index (Phi) is 4.69. The highest BCUT2D eigenvalue weighted by atomic mass is 32.2. The summed E-state index contributed by atoms with van der Waals surface area (Å²) in [5.74, 6) is 2.59. The Morgan fingerprint density at radius 1 is 1.41 bits per heavy atom. The van der Waals surface area contributed by atoms with Crippen LogP contribution in [0.3, 0.4) is 0 Å². The van der Waals surface area contributed by atoms with Gasteiger partial charge in [-0.2, -0.15) is 17.0 Å². The summed E-state index contributed by atoms with van der Waals surface area (Å²) in [6.45, 7) is 2.37. The van der Waals surface area contributed by atoms with Gasteiger partial charge in [-0.05, 0) is 25.0 Å². The third kappa shape index (κ3) is 3.62. The maximum atomic E-state index is 11.9. The van der Waals surface area contributed by atoms with Crippen LogP contribution in [0.25, 0.3) is 0 Å². The van der Waals surface area contributed by atoms with Crippen LogP contribution in [0.2, 0.25) is 0 Å². The molecule has 1 atom stereocenters. The van der Waals surface area contributed by atoms with Gasteiger partial charge in [-0.1, -0.05) is 0 Å². The lowest BCUT2D eigenvalue weighted by Crippen LogP contribution is -2.46. The monoisotopic (exact) mass is 253 g/mol. The number of carbonyl (C=O) groups is 1. The molecule has 0 aromatic heterocycles. The third-order valence-corrected chi connectivity index (χ3v) is 4.69. The Hall–Kier alpha value is -0.730. The van der Waals surface area contributed by atoms with Crippen molar-refractivity contribution in [1.29, 1.82) is 5.26 Å². The molecule has 17 heavy (non-hydrogen) atoms. The summed E-state index contributed by atoms with van der Waals surface area (Å²) < 4.78 is 0. The van der Waals surface area contributed by atoms with Crippen molar-refractivity contribution < 1.29 is 4.79 Å². The highest BCUT2D eigenvalue weighted by molar-refractivity contribution is 7.99. The smallest absolute Gasteiger partial charge is 0.224 e. The summed E-state index contributed by atoms with van der Waals surface area (Å²) in [5, 5.41) is 11.8. The molecular weight excluding hydrogens is 234 g/mol. The van der Waals surface area contributed by atoms with E-state index in [0.717, 1.165) is 43.9 Å². The molecule has 0 spiro atoms. The van der Waals surface area contributed by atoms with E-state index in [0.29, 0.717) is 12.6 Å². The Bertz CT molecular complexity index is 301. The van der Waals surface area contributed by atoms with Gasteiger partial charge in [0.1, 0.15) is 0 Å². The number of nitriles is 1. The summed E-state index contributed by atoms with van der Waals surface area (Å²) in [6, 6.07) is 2.50. The second kappa shape index (κ2) is 6.27. The molecule has 1 amide bonds. The minimum absolute atomic E-state index is 0.233. The van der Waals surface area contributed by atoms with Crippen LogP contribution in [0.4, 0.5) is 0 Å². The van der Waals surface area contributed by atoms with E-state index in [4.69, 9.17) is 5.26 Å². The number of hydrogen-bond donors (Lipinski definition) is 1. The van der Waals surface area contributed by atoms with E-state index in [1.165, 1.54) is 0 Å². The summed E-state index contributed by atoms with van der Waals surface area (Å²) in [7, 11) is 0. The lowest BCUT2D eigenvalue weighted by atomic mass is 10.0. The van der Waals surface area contributed by atoms with Gasteiger partial charge in [0.25, 0.3) is 0 Å². The number of thioether (sulfide) groups is 1. The first-order valence-corrected chi connectivity index (χ1v) is 7.42. The molecule has 0 aliphatic carbocycles. The topological polar surface area (TPSA) is 56.1 Å². The second-order valence-electron chi connectivity index (χ2n) is 4.78. The summed E-state index contributed by atoms with van der Waals surface area (Å²) in [5.41, 5.74) is 0. The van der Waals surface area contributed by atoms with Crippen LogP contribution in [0.1, 0.15) is 19.3 Å². The Morgan fingerprint density at radius 3 is 2.76 bits per heavy atom. The SMILES string of the molecule is N#CCN1CCC(NC(=O)C2CCSC2)CC1. The molecule has 0 saturated carbocycles. The van der Waals surface area contributed by atoms with Gasteiger partial charge in [0.05, 0.1) is 12.6 Å². The molecule has 0 radical (unpaired) electrons. The molecule has 4 nitrogen and oxygen atoms in total. The van der Waals surface area contributed by atoms with Crippen molar-refractivity contribution in [1.82, 2.24) is 10.2 Å². The van der Waals surface area contributed by atoms with Gasteiger partial charge >= 0.3 is 0 Å². The van der Waals surface area contributed by atoms with Crippen LogP contribution >= 0.6 is 11.8 Å². The standard InChI is InChI=1S/C12H19N3OS/c13-4-7-15-5-1-11(2-6-15)14-12(16)10-3-8-17-9-10/h10-11H,1-3,5-9H2,(H,14,16). The number of nitrogens with zero attached hydrogens (tertiary/aromatic N) is 2. The van der Waals surface area contributed by atoms with Crippen molar-refractivity contribution in [3.8, 4) is 6.07 Å². The van der Waals surface area contributed by atoms with Gasteiger partial charge in [-0.25, -0.2) is 0 Å². The van der Waals surface area contributed by atoms with Crippen LogP contribution in [0.5, 0.6) is 0 Å². The molecule has 0 bridgehead atoms. The van der Waals surface area contributed by atoms with Gasteiger partial charge in [0.2, 0.25) is 5.91 Å². The van der Waals surface area contributed by atoms with Crippen molar-refractivity contribution in [2.45, 2.75) is 25.3 Å². The van der Waals surface area contributed by atoms with Gasteiger partial charge in [-0.15, -0.1) is 0 Å². The molecule has 2 aliphatic rings. The number of amides is 1. The van der Waals surface area contributed by atoms with Crippen molar-refractivity contribution in [3.63, 3.8) is 0 Å². The van der Waals surface area contributed by atoms with E-state index in [1.807, 2.05) is 11.8 Å². The number of carbonyl (C=O) groups excluding carboxylic acids is 1. The predicted octanol–water partition coefficient (Wildman–Crippen LogP) is 0.844. The minimum atomic E-state index is 0.233. The van der Waals surface area contributed by atoms with Crippen LogP contribution in [-0.4, -0.2) is 48.0 Å². The van der Waals surface area contributed by atoms with E-state index in [-0.39, 0.29) is 11.8 Å². The predicted molar refractivity (Wildman–Crippen MR) is 68.6 cm³/mol. The van der Waals surface area contributed by atoms with Gasteiger partial charge in [-0.3, -0.25) is 9.69 Å². The van der Waals surface area contributed by atoms with Crippen molar-refractivity contribution >= 4 is 17.7 Å². The van der Waals surface area contributed by atoms with Crippen molar-refractivity contribution in [2.75, 3.05) is 31.1 Å². The van der Waals surface area contributed by atoms with Crippen molar-refractivity contribution in [2.24, 2.45) is 5.92 Å². The van der Waals surface area contributed by atoms with E-state index >= 15 is 0 Å². The zero-order chi connectivity index (χ0) is 12.1. The fourth-order valence-corrected chi connectivity index (χ4v) is 3.62. The quantitative estimate of drug-likeness (QED) is 0.757.